The van der Waals surface area contributed by atoms with Crippen molar-refractivity contribution >= 4 is 5.91 Å². The fourth-order valence-corrected chi connectivity index (χ4v) is 1.84. The fraction of sp³-hybridized carbons (Fsp3) is 0.364. The largest absolute Gasteiger partial charge is 0.508 e. The number of carbonyl (C=O) groups excluding carboxylic acids is 1. The molecule has 0 fully saturated rings. The van der Waals surface area contributed by atoms with Crippen molar-refractivity contribution in [3.63, 3.8) is 0 Å². The van der Waals surface area contributed by atoms with E-state index in [0.29, 0.717) is 5.56 Å². The summed E-state index contributed by atoms with van der Waals surface area (Å²) in [4.78, 5) is 13.5. The third-order valence-corrected chi connectivity index (χ3v) is 2.65. The Labute approximate surface area is 83.0 Å². The first kappa shape index (κ1) is 9.06. The smallest absolute Gasteiger partial charge is 0.254 e. The fourth-order valence-electron chi connectivity index (χ4n) is 1.84. The summed E-state index contributed by atoms with van der Waals surface area (Å²) in [5, 5.41) is 9.61. The standard InChI is InChI=1S/C11H13NO2/c1-12-7-3-5-8-9(11(12)14)4-2-6-10(8)13/h2,4,6,13H,3,5,7H2,1H3. The lowest BCUT2D eigenvalue weighted by Crippen LogP contribution is -2.26. The minimum atomic E-state index is 0.00778. The lowest BCUT2D eigenvalue weighted by molar-refractivity contribution is 0.0800. The van der Waals surface area contributed by atoms with Crippen LogP contribution in [0.3, 0.4) is 0 Å². The summed E-state index contributed by atoms with van der Waals surface area (Å²) in [6.45, 7) is 0.757. The molecule has 1 aliphatic heterocycles. The van der Waals surface area contributed by atoms with Crippen molar-refractivity contribution in [2.24, 2.45) is 0 Å². The lowest BCUT2D eigenvalue weighted by Gasteiger charge is -2.13. The maximum absolute atomic E-state index is 11.8. The zero-order valence-electron chi connectivity index (χ0n) is 8.16. The average Bonchev–Trinajstić information content (AvgIpc) is 2.31. The molecule has 0 atom stereocenters. The topological polar surface area (TPSA) is 40.5 Å². The van der Waals surface area contributed by atoms with Gasteiger partial charge in [-0.1, -0.05) is 6.07 Å². The van der Waals surface area contributed by atoms with Gasteiger partial charge >= 0.3 is 0 Å². The first-order valence-corrected chi connectivity index (χ1v) is 4.76. The van der Waals surface area contributed by atoms with Crippen LogP contribution in [0.5, 0.6) is 5.75 Å². The molecule has 1 amide bonds. The molecule has 2 rings (SSSR count). The van der Waals surface area contributed by atoms with Gasteiger partial charge in [0.05, 0.1) is 0 Å². The second kappa shape index (κ2) is 3.33. The van der Waals surface area contributed by atoms with Crippen molar-refractivity contribution in [1.29, 1.82) is 0 Å². The minimum absolute atomic E-state index is 0.00778. The molecule has 1 heterocycles. The number of hydrogen-bond donors (Lipinski definition) is 1. The Hall–Kier alpha value is -1.51. The number of carbonyl (C=O) groups is 1. The quantitative estimate of drug-likeness (QED) is 0.673. The van der Waals surface area contributed by atoms with Crippen LogP contribution in [0.1, 0.15) is 22.3 Å². The Morgan fingerprint density at radius 1 is 1.43 bits per heavy atom. The second-order valence-electron chi connectivity index (χ2n) is 3.63. The highest BCUT2D eigenvalue weighted by Crippen LogP contribution is 2.25. The monoisotopic (exact) mass is 191 g/mol. The molecule has 1 aromatic rings. The normalized spacial score (nSPS) is 16.4. The maximum atomic E-state index is 11.8. The molecule has 0 unspecified atom stereocenters. The summed E-state index contributed by atoms with van der Waals surface area (Å²) in [7, 11) is 1.79. The molecule has 1 aliphatic rings. The van der Waals surface area contributed by atoms with E-state index in [0.717, 1.165) is 24.9 Å². The molecule has 0 saturated carbocycles. The van der Waals surface area contributed by atoms with E-state index < -0.39 is 0 Å². The third kappa shape index (κ3) is 1.35. The highest BCUT2D eigenvalue weighted by molar-refractivity contribution is 5.96. The Bertz CT molecular complexity index is 374. The van der Waals surface area contributed by atoms with E-state index in [1.165, 1.54) is 0 Å². The van der Waals surface area contributed by atoms with Gasteiger partial charge in [-0.2, -0.15) is 0 Å². The van der Waals surface area contributed by atoms with Gasteiger partial charge in [-0.15, -0.1) is 0 Å². The SMILES string of the molecule is CN1CCCc2c(O)cccc2C1=O. The second-order valence-corrected chi connectivity index (χ2v) is 3.63. The Morgan fingerprint density at radius 2 is 2.21 bits per heavy atom. The number of fused-ring (bicyclic) bond motifs is 1. The molecule has 14 heavy (non-hydrogen) atoms. The van der Waals surface area contributed by atoms with Crippen LogP contribution >= 0.6 is 0 Å². The van der Waals surface area contributed by atoms with Crippen molar-refractivity contribution in [3.8, 4) is 5.75 Å². The van der Waals surface area contributed by atoms with Crippen LogP contribution in [0.4, 0.5) is 0 Å². The van der Waals surface area contributed by atoms with Gasteiger partial charge in [0.25, 0.3) is 5.91 Å². The summed E-state index contributed by atoms with van der Waals surface area (Å²) >= 11 is 0. The van der Waals surface area contributed by atoms with Gasteiger partial charge in [0, 0.05) is 24.7 Å². The van der Waals surface area contributed by atoms with Crippen LogP contribution in [-0.4, -0.2) is 29.5 Å². The molecule has 0 bridgehead atoms. The Morgan fingerprint density at radius 3 is 3.00 bits per heavy atom. The molecule has 74 valence electrons. The molecule has 0 aliphatic carbocycles. The molecule has 0 saturated heterocycles. The predicted octanol–water partition coefficient (Wildman–Crippen LogP) is 1.41. The number of amides is 1. The molecule has 3 heteroatoms. The third-order valence-electron chi connectivity index (χ3n) is 2.65. The van der Waals surface area contributed by atoms with Crippen molar-refractivity contribution in [3.05, 3.63) is 29.3 Å². The molecular weight excluding hydrogens is 178 g/mol. The minimum Gasteiger partial charge on any atom is -0.508 e. The number of phenols is 1. The summed E-state index contributed by atoms with van der Waals surface area (Å²) in [5.41, 5.74) is 1.44. The van der Waals surface area contributed by atoms with Crippen LogP contribution in [-0.2, 0) is 6.42 Å². The summed E-state index contributed by atoms with van der Waals surface area (Å²) in [6.07, 6.45) is 1.69. The van der Waals surface area contributed by atoms with Crippen LogP contribution in [0.15, 0.2) is 18.2 Å². The van der Waals surface area contributed by atoms with Gasteiger partial charge in [0.1, 0.15) is 5.75 Å². The van der Waals surface area contributed by atoms with Crippen LogP contribution in [0.25, 0.3) is 0 Å². The van der Waals surface area contributed by atoms with E-state index in [1.54, 1.807) is 30.1 Å². The van der Waals surface area contributed by atoms with Gasteiger partial charge < -0.3 is 10.0 Å². The van der Waals surface area contributed by atoms with E-state index in [1.807, 2.05) is 0 Å². The van der Waals surface area contributed by atoms with Crippen LogP contribution in [0, 0.1) is 0 Å². The first-order valence-electron chi connectivity index (χ1n) is 4.76. The Kier molecular flexibility index (Phi) is 2.15. The van der Waals surface area contributed by atoms with Crippen molar-refractivity contribution in [2.75, 3.05) is 13.6 Å². The van der Waals surface area contributed by atoms with Gasteiger partial charge in [0.2, 0.25) is 0 Å². The number of aromatic hydroxyl groups is 1. The van der Waals surface area contributed by atoms with Crippen molar-refractivity contribution < 1.29 is 9.90 Å². The van der Waals surface area contributed by atoms with E-state index in [9.17, 15) is 9.90 Å². The van der Waals surface area contributed by atoms with E-state index in [2.05, 4.69) is 0 Å². The summed E-state index contributed by atoms with van der Waals surface area (Å²) in [6, 6.07) is 5.13. The van der Waals surface area contributed by atoms with Crippen molar-refractivity contribution in [2.45, 2.75) is 12.8 Å². The molecule has 0 aromatic heterocycles. The summed E-state index contributed by atoms with van der Waals surface area (Å²) in [5.74, 6) is 0.250. The number of hydrogen-bond acceptors (Lipinski definition) is 2. The highest BCUT2D eigenvalue weighted by atomic mass is 16.3. The van der Waals surface area contributed by atoms with Crippen LogP contribution in [0.2, 0.25) is 0 Å². The molecule has 1 N–H and O–H groups in total. The average molecular weight is 191 g/mol. The zero-order valence-corrected chi connectivity index (χ0v) is 8.16. The van der Waals surface area contributed by atoms with Gasteiger partial charge in [0.15, 0.2) is 0 Å². The summed E-state index contributed by atoms with van der Waals surface area (Å²) < 4.78 is 0. The van der Waals surface area contributed by atoms with E-state index >= 15 is 0 Å². The lowest BCUT2D eigenvalue weighted by atomic mass is 10.0. The number of phenolic OH excluding ortho intramolecular Hbond substituents is 1. The van der Waals surface area contributed by atoms with Gasteiger partial charge in [-0.3, -0.25) is 4.79 Å². The predicted molar refractivity (Wildman–Crippen MR) is 53.4 cm³/mol. The van der Waals surface area contributed by atoms with E-state index in [4.69, 9.17) is 0 Å². The molecular formula is C11H13NO2. The molecule has 0 radical (unpaired) electrons. The first-order chi connectivity index (χ1) is 6.70. The number of nitrogens with zero attached hydrogens (tertiary/aromatic N) is 1. The van der Waals surface area contributed by atoms with Crippen molar-refractivity contribution in [1.82, 2.24) is 4.90 Å². The van der Waals surface area contributed by atoms with Gasteiger partial charge in [-0.05, 0) is 25.0 Å². The van der Waals surface area contributed by atoms with Gasteiger partial charge in [-0.25, -0.2) is 0 Å². The van der Waals surface area contributed by atoms with Crippen LogP contribution < -0.4 is 0 Å². The highest BCUT2D eigenvalue weighted by Gasteiger charge is 2.20. The van der Waals surface area contributed by atoms with E-state index in [-0.39, 0.29) is 11.7 Å². The number of benzene rings is 1. The molecule has 3 nitrogen and oxygen atoms in total. The Balaban J connectivity index is 2.53. The number of rotatable bonds is 0. The molecule has 0 spiro atoms. The maximum Gasteiger partial charge on any atom is 0.254 e. The molecule has 1 aromatic carbocycles. The zero-order chi connectivity index (χ0) is 10.1.